The molecule has 0 atom stereocenters. The van der Waals surface area contributed by atoms with Crippen molar-refractivity contribution >= 4 is 34.8 Å². The van der Waals surface area contributed by atoms with Gasteiger partial charge in [-0.1, -0.05) is 30.4 Å². The third kappa shape index (κ3) is 4.35. The highest BCUT2D eigenvalue weighted by atomic mass is 32.1. The molecule has 0 aliphatic heterocycles. The summed E-state index contributed by atoms with van der Waals surface area (Å²) >= 11 is 4.74. The van der Waals surface area contributed by atoms with E-state index < -0.39 is 4.92 Å². The Bertz CT molecular complexity index is 678. The number of hydrazone groups is 1. The number of hydrogen-bond acceptors (Lipinski definition) is 4. The first-order valence-corrected chi connectivity index (χ1v) is 6.87. The summed E-state index contributed by atoms with van der Waals surface area (Å²) in [5.41, 5.74) is 9.58. The molecule has 0 aromatic heterocycles. The molecule has 1 aromatic carbocycles. The summed E-state index contributed by atoms with van der Waals surface area (Å²) in [4.78, 5) is 10.2. The number of nitro groups is 1. The van der Waals surface area contributed by atoms with Crippen LogP contribution in [0.3, 0.4) is 0 Å². The van der Waals surface area contributed by atoms with Crippen LogP contribution in [0, 0.1) is 16.0 Å². The number of nitrogens with two attached hydrogens (primary N) is 1. The number of nitrogens with one attached hydrogen (secondary N) is 1. The summed E-state index contributed by atoms with van der Waals surface area (Å²) in [6.45, 7) is 0. The van der Waals surface area contributed by atoms with Gasteiger partial charge in [0, 0.05) is 18.1 Å². The molecule has 22 heavy (non-hydrogen) atoms. The van der Waals surface area contributed by atoms with E-state index in [1.807, 2.05) is 36.5 Å². The van der Waals surface area contributed by atoms with Crippen LogP contribution in [0.1, 0.15) is 5.56 Å². The van der Waals surface area contributed by atoms with Crippen LogP contribution in [0.5, 0.6) is 0 Å². The van der Waals surface area contributed by atoms with E-state index in [4.69, 9.17) is 18.0 Å². The molecule has 0 fully saturated rings. The van der Waals surface area contributed by atoms with Crippen LogP contribution in [0.25, 0.3) is 6.08 Å². The fourth-order valence-corrected chi connectivity index (χ4v) is 1.91. The van der Waals surface area contributed by atoms with Gasteiger partial charge in [0.05, 0.1) is 10.6 Å². The van der Waals surface area contributed by atoms with Crippen molar-refractivity contribution in [2.24, 2.45) is 16.8 Å². The summed E-state index contributed by atoms with van der Waals surface area (Å²) in [7, 11) is 0. The Balaban J connectivity index is 2.16. The smallest absolute Gasteiger partial charge is 0.269 e. The average Bonchev–Trinajstić information content (AvgIpc) is 3.01. The van der Waals surface area contributed by atoms with Gasteiger partial charge in [-0.3, -0.25) is 15.5 Å². The SMILES string of the molecule is NC(=S)N/N=C(\C=C\c1ccc([N+](=O)[O-])cc1)C1C=CC=C1. The lowest BCUT2D eigenvalue weighted by Gasteiger charge is -2.06. The number of benzene rings is 1. The Morgan fingerprint density at radius 3 is 2.50 bits per heavy atom. The molecule has 1 aromatic rings. The van der Waals surface area contributed by atoms with Gasteiger partial charge in [-0.25, -0.2) is 0 Å². The van der Waals surface area contributed by atoms with Crippen molar-refractivity contribution in [2.45, 2.75) is 0 Å². The predicted molar refractivity (Wildman–Crippen MR) is 91.3 cm³/mol. The molecular formula is C15H14N4O2S. The molecule has 0 amide bonds. The maximum atomic E-state index is 10.6. The lowest BCUT2D eigenvalue weighted by molar-refractivity contribution is -0.384. The van der Waals surface area contributed by atoms with Gasteiger partial charge in [0.1, 0.15) is 0 Å². The summed E-state index contributed by atoms with van der Waals surface area (Å²) in [5.74, 6) is 0.0381. The highest BCUT2D eigenvalue weighted by molar-refractivity contribution is 7.80. The van der Waals surface area contributed by atoms with Gasteiger partial charge >= 0.3 is 0 Å². The van der Waals surface area contributed by atoms with Crippen LogP contribution >= 0.6 is 12.2 Å². The normalized spacial score (nSPS) is 14.6. The van der Waals surface area contributed by atoms with Gasteiger partial charge in [0.25, 0.3) is 5.69 Å². The lowest BCUT2D eigenvalue weighted by atomic mass is 10.0. The second kappa shape index (κ2) is 7.28. The molecule has 3 N–H and O–H groups in total. The average molecular weight is 314 g/mol. The summed E-state index contributed by atoms with van der Waals surface area (Å²) in [6.07, 6.45) is 11.5. The third-order valence-electron chi connectivity index (χ3n) is 2.94. The molecule has 0 spiro atoms. The zero-order valence-electron chi connectivity index (χ0n) is 11.5. The minimum absolute atomic E-state index is 0.0381. The summed E-state index contributed by atoms with van der Waals surface area (Å²) in [6, 6.07) is 6.26. The maximum absolute atomic E-state index is 10.6. The minimum Gasteiger partial charge on any atom is -0.375 e. The Morgan fingerprint density at radius 1 is 1.32 bits per heavy atom. The van der Waals surface area contributed by atoms with Gasteiger partial charge in [-0.2, -0.15) is 5.10 Å². The number of hydrogen-bond donors (Lipinski definition) is 2. The van der Waals surface area contributed by atoms with Gasteiger partial charge < -0.3 is 5.73 Å². The van der Waals surface area contributed by atoms with Crippen molar-refractivity contribution < 1.29 is 4.92 Å². The molecule has 0 bridgehead atoms. The van der Waals surface area contributed by atoms with Gasteiger partial charge in [-0.15, -0.1) is 0 Å². The molecule has 0 unspecified atom stereocenters. The first-order chi connectivity index (χ1) is 10.6. The van der Waals surface area contributed by atoms with E-state index in [0.717, 1.165) is 11.3 Å². The fourth-order valence-electron chi connectivity index (χ4n) is 1.86. The number of thiocarbonyl (C=S) groups is 1. The van der Waals surface area contributed by atoms with Crippen LogP contribution in [0.15, 0.2) is 59.7 Å². The van der Waals surface area contributed by atoms with E-state index in [9.17, 15) is 10.1 Å². The van der Waals surface area contributed by atoms with Crippen molar-refractivity contribution in [3.8, 4) is 0 Å². The van der Waals surface area contributed by atoms with E-state index in [1.165, 1.54) is 12.1 Å². The number of nitrogens with zero attached hydrogens (tertiary/aromatic N) is 2. The van der Waals surface area contributed by atoms with Crippen molar-refractivity contribution in [1.29, 1.82) is 0 Å². The topological polar surface area (TPSA) is 93.5 Å². The van der Waals surface area contributed by atoms with Crippen LogP contribution in [-0.4, -0.2) is 15.7 Å². The maximum Gasteiger partial charge on any atom is 0.269 e. The molecular weight excluding hydrogens is 300 g/mol. The zero-order valence-corrected chi connectivity index (χ0v) is 12.4. The standard InChI is InChI=1S/C15H14N4O2S/c16-15(22)18-17-14(12-3-1-2-4-12)10-7-11-5-8-13(9-6-11)19(20)21/h1-10,12H,(H3,16,18,22)/b10-7+,17-14+. The molecule has 0 saturated heterocycles. The number of non-ortho nitro benzene ring substituents is 1. The molecule has 1 aliphatic rings. The van der Waals surface area contributed by atoms with E-state index in [0.29, 0.717) is 0 Å². The monoisotopic (exact) mass is 314 g/mol. The minimum atomic E-state index is -0.430. The second-order valence-electron chi connectivity index (χ2n) is 4.49. The van der Waals surface area contributed by atoms with Gasteiger partial charge in [0.15, 0.2) is 5.11 Å². The van der Waals surface area contributed by atoms with E-state index >= 15 is 0 Å². The first kappa shape index (κ1) is 15.6. The Kier molecular flexibility index (Phi) is 5.16. The molecule has 6 nitrogen and oxygen atoms in total. The van der Waals surface area contributed by atoms with Crippen LogP contribution < -0.4 is 11.2 Å². The Morgan fingerprint density at radius 2 is 1.95 bits per heavy atom. The van der Waals surface area contributed by atoms with Crippen molar-refractivity contribution in [2.75, 3.05) is 0 Å². The molecule has 0 radical (unpaired) electrons. The largest absolute Gasteiger partial charge is 0.375 e. The first-order valence-electron chi connectivity index (χ1n) is 6.47. The van der Waals surface area contributed by atoms with E-state index in [2.05, 4.69) is 10.5 Å². The van der Waals surface area contributed by atoms with Crippen molar-refractivity contribution in [3.05, 3.63) is 70.3 Å². The Hall–Kier alpha value is -2.80. The molecule has 0 saturated carbocycles. The molecule has 2 rings (SSSR count). The van der Waals surface area contributed by atoms with Crippen LogP contribution in [0.2, 0.25) is 0 Å². The van der Waals surface area contributed by atoms with Gasteiger partial charge in [-0.05, 0) is 36.0 Å². The van der Waals surface area contributed by atoms with Crippen molar-refractivity contribution in [3.63, 3.8) is 0 Å². The number of nitro benzene ring substituents is 1. The van der Waals surface area contributed by atoms with Crippen LogP contribution in [0.4, 0.5) is 5.69 Å². The Labute approximate surface area is 132 Å². The predicted octanol–water partition coefficient (Wildman–Crippen LogP) is 2.54. The second-order valence-corrected chi connectivity index (χ2v) is 4.93. The zero-order chi connectivity index (χ0) is 15.9. The highest BCUT2D eigenvalue weighted by Crippen LogP contribution is 2.15. The van der Waals surface area contributed by atoms with E-state index in [1.54, 1.807) is 12.1 Å². The molecule has 0 heterocycles. The highest BCUT2D eigenvalue weighted by Gasteiger charge is 2.10. The lowest BCUT2D eigenvalue weighted by Crippen LogP contribution is -2.26. The third-order valence-corrected chi connectivity index (χ3v) is 3.03. The number of allylic oxidation sites excluding steroid dienone is 5. The molecule has 7 heteroatoms. The summed E-state index contributed by atoms with van der Waals surface area (Å²) in [5, 5.41) is 14.9. The van der Waals surface area contributed by atoms with Crippen LogP contribution in [-0.2, 0) is 0 Å². The quantitative estimate of drug-likeness (QED) is 0.377. The van der Waals surface area contributed by atoms with E-state index in [-0.39, 0.29) is 16.7 Å². The number of rotatable bonds is 5. The molecule has 112 valence electrons. The van der Waals surface area contributed by atoms with Gasteiger partial charge in [0.2, 0.25) is 0 Å². The summed E-state index contributed by atoms with van der Waals surface area (Å²) < 4.78 is 0. The molecule has 1 aliphatic carbocycles. The fraction of sp³-hybridized carbons (Fsp3) is 0.0667. The van der Waals surface area contributed by atoms with Crippen molar-refractivity contribution in [1.82, 2.24) is 5.43 Å².